The first kappa shape index (κ1) is 18.0. The molecule has 0 aromatic heterocycles. The highest BCUT2D eigenvalue weighted by molar-refractivity contribution is 5.57. The molecule has 0 spiro atoms. The lowest BCUT2D eigenvalue weighted by atomic mass is 10.1. The van der Waals surface area contributed by atoms with E-state index in [1.165, 1.54) is 24.2 Å². The summed E-state index contributed by atoms with van der Waals surface area (Å²) in [4.78, 5) is 9.31. The fourth-order valence-corrected chi connectivity index (χ4v) is 1.25. The third-order valence-electron chi connectivity index (χ3n) is 2.03. The van der Waals surface area contributed by atoms with Crippen molar-refractivity contribution in [3.05, 3.63) is 23.8 Å². The van der Waals surface area contributed by atoms with Crippen LogP contribution in [-0.4, -0.2) is 37.2 Å². The molecule has 1 aromatic carbocycles. The molecule has 0 radical (unpaired) electrons. The molecule has 1 amide bonds. The topological polar surface area (TPSA) is 105 Å². The Balaban J connectivity index is 0.000000621. The van der Waals surface area contributed by atoms with Crippen LogP contribution in [0, 0.1) is 0 Å². The lowest BCUT2D eigenvalue weighted by molar-refractivity contribution is -0.117. The van der Waals surface area contributed by atoms with Crippen LogP contribution in [0.15, 0.2) is 18.2 Å². The first-order valence-electron chi connectivity index (χ1n) is 5.42. The summed E-state index contributed by atoms with van der Waals surface area (Å²) in [6.45, 7) is -3.34. The summed E-state index contributed by atoms with van der Waals surface area (Å²) in [6, 6.07) is 4.48. The number of aliphatic hydroxyl groups excluding tert-OH is 1. The summed E-state index contributed by atoms with van der Waals surface area (Å²) < 4.78 is 28.3. The van der Waals surface area contributed by atoms with E-state index < -0.39 is 13.2 Å². The van der Waals surface area contributed by atoms with E-state index in [2.05, 4.69) is 4.74 Å². The molecule has 5 N–H and O–H groups in total. The van der Waals surface area contributed by atoms with E-state index in [1.54, 1.807) is 13.1 Å². The molecule has 7 nitrogen and oxygen atoms in total. The highest BCUT2D eigenvalue weighted by atomic mass is 19.3. The van der Waals surface area contributed by atoms with Crippen LogP contribution in [0.5, 0.6) is 5.75 Å². The van der Waals surface area contributed by atoms with Crippen LogP contribution in [0.2, 0.25) is 0 Å². The van der Waals surface area contributed by atoms with Gasteiger partial charge in [-0.3, -0.25) is 9.80 Å². The van der Waals surface area contributed by atoms with Gasteiger partial charge in [0.1, 0.15) is 5.75 Å². The van der Waals surface area contributed by atoms with Crippen molar-refractivity contribution in [3.8, 4) is 5.75 Å². The molecule has 0 fully saturated rings. The number of hydrogen-bond donors (Lipinski definition) is 3. The molecule has 0 aliphatic heterocycles. The minimum atomic E-state index is -2.92. The molecule has 0 unspecified atom stereocenters. The Kier molecular flexibility index (Phi) is 8.13. The first-order valence-corrected chi connectivity index (χ1v) is 5.42. The maximum absolute atomic E-state index is 12.0. The zero-order chi connectivity index (χ0) is 15.7. The Labute approximate surface area is 115 Å². The van der Waals surface area contributed by atoms with Crippen molar-refractivity contribution in [2.24, 2.45) is 11.7 Å². The molecule has 20 heavy (non-hydrogen) atoms. The van der Waals surface area contributed by atoms with Crippen molar-refractivity contribution < 1.29 is 23.4 Å². The lowest BCUT2D eigenvalue weighted by Gasteiger charge is -2.18. The Hall–Kier alpha value is -1.97. The van der Waals surface area contributed by atoms with Crippen molar-refractivity contribution in [2.45, 2.75) is 13.2 Å². The predicted octanol–water partition coefficient (Wildman–Crippen LogP) is 0.0385. The number of ether oxygens (including phenoxy) is 1. The molecule has 9 heteroatoms. The SMILES string of the molecule is CN(N)C=O.CN(N)c1cccc(OC(F)F)c1CO. The van der Waals surface area contributed by atoms with E-state index >= 15 is 0 Å². The number of carbonyl (C=O) groups excluding carboxylic acids is 1. The average Bonchev–Trinajstić information content (AvgIpc) is 2.38. The maximum Gasteiger partial charge on any atom is 0.387 e. The normalized spacial score (nSPS) is 9.60. The Bertz CT molecular complexity index is 417. The number of aliphatic hydroxyl groups is 1. The summed E-state index contributed by atoms with van der Waals surface area (Å²) in [7, 11) is 3.01. The van der Waals surface area contributed by atoms with Crippen LogP contribution in [0.3, 0.4) is 0 Å². The van der Waals surface area contributed by atoms with Gasteiger partial charge in [0, 0.05) is 19.7 Å². The number of carbonyl (C=O) groups is 1. The molecule has 1 rings (SSSR count). The highest BCUT2D eigenvalue weighted by Gasteiger charge is 2.13. The predicted molar refractivity (Wildman–Crippen MR) is 69.6 cm³/mol. The fraction of sp³-hybridized carbons (Fsp3) is 0.364. The van der Waals surface area contributed by atoms with Crippen LogP contribution in [0.4, 0.5) is 14.5 Å². The maximum atomic E-state index is 12.0. The Morgan fingerprint density at radius 2 is 1.95 bits per heavy atom. The summed E-state index contributed by atoms with van der Waals surface area (Å²) in [6.07, 6.45) is 0.528. The molecule has 114 valence electrons. The van der Waals surface area contributed by atoms with Gasteiger partial charge >= 0.3 is 6.61 Å². The summed E-state index contributed by atoms with van der Waals surface area (Å²) in [5, 5.41) is 11.2. The van der Waals surface area contributed by atoms with E-state index in [0.717, 1.165) is 5.01 Å². The number of nitrogens with zero attached hydrogens (tertiary/aromatic N) is 2. The molecule has 1 aromatic rings. The number of nitrogens with two attached hydrogens (primary N) is 2. The largest absolute Gasteiger partial charge is 0.434 e. The lowest BCUT2D eigenvalue weighted by Crippen LogP contribution is -2.26. The third kappa shape index (κ3) is 6.27. The smallest absolute Gasteiger partial charge is 0.387 e. The second-order valence-corrected chi connectivity index (χ2v) is 3.67. The van der Waals surface area contributed by atoms with Crippen LogP contribution in [-0.2, 0) is 11.4 Å². The van der Waals surface area contributed by atoms with Crippen molar-refractivity contribution in [3.63, 3.8) is 0 Å². The highest BCUT2D eigenvalue weighted by Crippen LogP contribution is 2.28. The molecule has 0 bridgehead atoms. The summed E-state index contributed by atoms with van der Waals surface area (Å²) in [5.41, 5.74) is 0.679. The number of hydrogen-bond acceptors (Lipinski definition) is 6. The van der Waals surface area contributed by atoms with Gasteiger partial charge in [-0.05, 0) is 12.1 Å². The molecular formula is C11H18F2N4O3. The van der Waals surface area contributed by atoms with Gasteiger partial charge in [-0.15, -0.1) is 0 Å². The number of halogens is 2. The molecule has 0 aliphatic carbocycles. The molecular weight excluding hydrogens is 274 g/mol. The van der Waals surface area contributed by atoms with Crippen molar-refractivity contribution in [1.29, 1.82) is 0 Å². The van der Waals surface area contributed by atoms with Crippen LogP contribution >= 0.6 is 0 Å². The van der Waals surface area contributed by atoms with E-state index in [0.29, 0.717) is 12.1 Å². The van der Waals surface area contributed by atoms with Gasteiger partial charge in [0.2, 0.25) is 6.41 Å². The molecule has 0 atom stereocenters. The number of anilines is 1. The van der Waals surface area contributed by atoms with E-state index in [1.807, 2.05) is 0 Å². The zero-order valence-electron chi connectivity index (χ0n) is 11.2. The number of amides is 1. The van der Waals surface area contributed by atoms with Gasteiger partial charge in [-0.2, -0.15) is 8.78 Å². The number of benzene rings is 1. The Morgan fingerprint density at radius 1 is 1.40 bits per heavy atom. The van der Waals surface area contributed by atoms with Gasteiger partial charge in [0.05, 0.1) is 12.3 Å². The van der Waals surface area contributed by atoms with Crippen molar-refractivity contribution in [1.82, 2.24) is 5.01 Å². The monoisotopic (exact) mass is 292 g/mol. The molecule has 0 aliphatic rings. The van der Waals surface area contributed by atoms with Crippen molar-refractivity contribution >= 4 is 12.1 Å². The van der Waals surface area contributed by atoms with Crippen LogP contribution < -0.4 is 21.4 Å². The minimum absolute atomic E-state index is 0.0673. The third-order valence-corrected chi connectivity index (χ3v) is 2.03. The standard InChI is InChI=1S/C9H12F2N2O2.C2H6N2O/c1-13(12)7-3-2-4-8(6(7)5-14)15-9(10)11;1-4(3)2-5/h2-4,9,14H,5,12H2,1H3;2H,3H2,1H3. The van der Waals surface area contributed by atoms with Gasteiger partial charge in [0.15, 0.2) is 0 Å². The fourth-order valence-electron chi connectivity index (χ4n) is 1.25. The van der Waals surface area contributed by atoms with Crippen molar-refractivity contribution in [2.75, 3.05) is 19.1 Å². The molecule has 0 heterocycles. The summed E-state index contributed by atoms with van der Waals surface area (Å²) >= 11 is 0. The van der Waals surface area contributed by atoms with E-state index in [4.69, 9.17) is 16.8 Å². The molecule has 0 saturated heterocycles. The average molecular weight is 292 g/mol. The number of rotatable bonds is 5. The van der Waals surface area contributed by atoms with Gasteiger partial charge in [-0.25, -0.2) is 11.7 Å². The summed E-state index contributed by atoms with van der Waals surface area (Å²) in [5.74, 6) is 10.2. The van der Waals surface area contributed by atoms with E-state index in [9.17, 15) is 13.6 Å². The zero-order valence-corrected chi connectivity index (χ0v) is 11.2. The van der Waals surface area contributed by atoms with Gasteiger partial charge in [-0.1, -0.05) is 6.07 Å². The van der Waals surface area contributed by atoms with Crippen LogP contribution in [0.25, 0.3) is 0 Å². The van der Waals surface area contributed by atoms with E-state index in [-0.39, 0.29) is 11.3 Å². The Morgan fingerprint density at radius 3 is 2.30 bits per heavy atom. The molecule has 0 saturated carbocycles. The number of alkyl halides is 2. The quantitative estimate of drug-likeness (QED) is 0.306. The second kappa shape index (κ2) is 9.02. The van der Waals surface area contributed by atoms with Gasteiger partial charge < -0.3 is 14.9 Å². The second-order valence-electron chi connectivity index (χ2n) is 3.67. The number of hydrazine groups is 2. The van der Waals surface area contributed by atoms with Crippen LogP contribution in [0.1, 0.15) is 5.56 Å². The minimum Gasteiger partial charge on any atom is -0.434 e. The first-order chi connectivity index (χ1) is 9.33. The van der Waals surface area contributed by atoms with Gasteiger partial charge in [0.25, 0.3) is 0 Å².